The van der Waals surface area contributed by atoms with Crippen molar-refractivity contribution in [2.75, 3.05) is 55.9 Å². The fourth-order valence-electron chi connectivity index (χ4n) is 3.75. The van der Waals surface area contributed by atoms with Crippen LogP contribution in [0.5, 0.6) is 0 Å². The molecule has 0 atom stereocenters. The molecule has 3 heterocycles. The molecular formula is C23H34N6O2S. The first-order chi connectivity index (χ1) is 15.7. The number of ether oxygens (including phenoxy) is 1. The fraction of sp³-hybridized carbons (Fsp3) is 0.522. The molecule has 2 N–H and O–H groups in total. The molecule has 0 saturated carbocycles. The number of rotatable bonds is 5. The molecule has 0 aliphatic carbocycles. The number of aromatic nitrogens is 2. The molecule has 1 fully saturated rings. The maximum atomic E-state index is 11.7. The predicted octanol–water partition coefficient (Wildman–Crippen LogP) is 3.78. The van der Waals surface area contributed by atoms with Gasteiger partial charge in [-0.05, 0) is 43.9 Å². The number of hydrogen-bond acceptors (Lipinski definition) is 7. The van der Waals surface area contributed by atoms with Crippen LogP contribution < -0.4 is 15.5 Å². The second kappa shape index (κ2) is 12.0. The monoisotopic (exact) mass is 458 g/mol. The Kier molecular flexibility index (Phi) is 9.13. The lowest BCUT2D eigenvalue weighted by atomic mass is 10.1. The molecule has 2 amide bonds. The lowest BCUT2D eigenvalue weighted by Crippen LogP contribution is -2.39. The first kappa shape index (κ1) is 24.3. The molecule has 9 heteroatoms. The molecule has 8 nitrogen and oxygen atoms in total. The maximum Gasteiger partial charge on any atom is 0.319 e. The molecule has 1 saturated heterocycles. The number of morpholine rings is 1. The third kappa shape index (κ3) is 5.90. The van der Waals surface area contributed by atoms with E-state index in [1.54, 1.807) is 11.9 Å². The molecule has 174 valence electrons. The number of carbonyl (C=O) groups is 1. The van der Waals surface area contributed by atoms with E-state index >= 15 is 0 Å². The van der Waals surface area contributed by atoms with Gasteiger partial charge in [-0.1, -0.05) is 25.8 Å². The average molecular weight is 459 g/mol. The molecule has 0 bridgehead atoms. The second-order valence-corrected chi connectivity index (χ2v) is 8.13. The molecule has 0 spiro atoms. The molecular weight excluding hydrogens is 424 g/mol. The molecule has 2 aliphatic heterocycles. The summed E-state index contributed by atoms with van der Waals surface area (Å²) in [5.74, 6) is 1.77. The van der Waals surface area contributed by atoms with E-state index in [-0.39, 0.29) is 6.03 Å². The summed E-state index contributed by atoms with van der Waals surface area (Å²) in [5, 5.41) is 5.56. The quantitative estimate of drug-likeness (QED) is 0.660. The van der Waals surface area contributed by atoms with Gasteiger partial charge in [0.1, 0.15) is 5.82 Å². The number of hydrogen-bond donors (Lipinski definition) is 2. The summed E-state index contributed by atoms with van der Waals surface area (Å²) in [6, 6.07) is 7.48. The topological polar surface area (TPSA) is 82.6 Å². The highest BCUT2D eigenvalue weighted by molar-refractivity contribution is 7.96. The first-order valence-electron chi connectivity index (χ1n) is 11.3. The number of fused-ring (bicyclic) bond motifs is 1. The Labute approximate surface area is 195 Å². The lowest BCUT2D eigenvalue weighted by molar-refractivity contribution is 0.122. The molecule has 2 aromatic rings. The van der Waals surface area contributed by atoms with Gasteiger partial charge in [-0.2, -0.15) is 0 Å². The van der Waals surface area contributed by atoms with Crippen LogP contribution in [0.15, 0.2) is 24.3 Å². The summed E-state index contributed by atoms with van der Waals surface area (Å²) in [7, 11) is 0. The van der Waals surface area contributed by atoms with E-state index in [1.165, 1.54) is 5.56 Å². The number of nitrogens with one attached hydrogen (secondary N) is 2. The van der Waals surface area contributed by atoms with E-state index in [0.717, 1.165) is 74.4 Å². The van der Waals surface area contributed by atoms with Crippen molar-refractivity contribution in [2.24, 2.45) is 0 Å². The van der Waals surface area contributed by atoms with E-state index in [1.807, 2.05) is 45.0 Å². The Hall–Kier alpha value is -2.36. The van der Waals surface area contributed by atoms with E-state index in [0.29, 0.717) is 6.54 Å². The highest BCUT2D eigenvalue weighted by atomic mass is 32.2. The maximum absolute atomic E-state index is 11.7. The molecule has 1 aromatic heterocycles. The van der Waals surface area contributed by atoms with Gasteiger partial charge in [0.25, 0.3) is 0 Å². The van der Waals surface area contributed by atoms with Gasteiger partial charge in [-0.25, -0.2) is 19.1 Å². The zero-order valence-electron chi connectivity index (χ0n) is 19.5. The van der Waals surface area contributed by atoms with Crippen molar-refractivity contribution in [3.05, 3.63) is 35.5 Å². The predicted molar refractivity (Wildman–Crippen MR) is 132 cm³/mol. The molecule has 0 radical (unpaired) electrons. The Morgan fingerprint density at radius 3 is 2.50 bits per heavy atom. The summed E-state index contributed by atoms with van der Waals surface area (Å²) < 4.78 is 7.88. The van der Waals surface area contributed by atoms with E-state index in [9.17, 15) is 4.79 Å². The Morgan fingerprint density at radius 1 is 1.12 bits per heavy atom. The number of anilines is 2. The molecule has 2 aliphatic rings. The van der Waals surface area contributed by atoms with Crippen LogP contribution in [0.4, 0.5) is 16.3 Å². The molecule has 1 aromatic carbocycles. The number of nitrogens with zero attached hydrogens (tertiary/aromatic N) is 4. The highest BCUT2D eigenvalue weighted by Crippen LogP contribution is 2.31. The Morgan fingerprint density at radius 2 is 1.84 bits per heavy atom. The van der Waals surface area contributed by atoms with E-state index in [4.69, 9.17) is 14.7 Å². The van der Waals surface area contributed by atoms with Crippen molar-refractivity contribution in [3.8, 4) is 11.4 Å². The van der Waals surface area contributed by atoms with Crippen molar-refractivity contribution >= 4 is 29.5 Å². The van der Waals surface area contributed by atoms with Crippen molar-refractivity contribution < 1.29 is 9.53 Å². The van der Waals surface area contributed by atoms with Gasteiger partial charge in [0.2, 0.25) is 0 Å². The zero-order chi connectivity index (χ0) is 22.9. The van der Waals surface area contributed by atoms with Gasteiger partial charge in [0.15, 0.2) is 5.82 Å². The van der Waals surface area contributed by atoms with Crippen molar-refractivity contribution in [2.45, 2.75) is 33.7 Å². The molecule has 4 rings (SSSR count). The van der Waals surface area contributed by atoms with Gasteiger partial charge in [0.05, 0.1) is 25.5 Å². The summed E-state index contributed by atoms with van der Waals surface area (Å²) in [6.07, 6.45) is 3.06. The van der Waals surface area contributed by atoms with Crippen LogP contribution in [0.1, 0.15) is 32.0 Å². The summed E-state index contributed by atoms with van der Waals surface area (Å²) >= 11 is 1.76. The van der Waals surface area contributed by atoms with Crippen LogP contribution in [-0.4, -0.2) is 66.0 Å². The number of carbonyl (C=O) groups excluding carboxylic acids is 1. The van der Waals surface area contributed by atoms with Gasteiger partial charge in [-0.3, -0.25) is 0 Å². The Balaban J connectivity index is 0.00000141. The van der Waals surface area contributed by atoms with Gasteiger partial charge in [0, 0.05) is 43.0 Å². The largest absolute Gasteiger partial charge is 0.378 e. The number of amides is 2. The molecule has 32 heavy (non-hydrogen) atoms. The van der Waals surface area contributed by atoms with Crippen LogP contribution in [0, 0.1) is 0 Å². The van der Waals surface area contributed by atoms with E-state index < -0.39 is 0 Å². The third-order valence-corrected chi connectivity index (χ3v) is 6.14. The van der Waals surface area contributed by atoms with Crippen LogP contribution in [-0.2, 0) is 17.7 Å². The first-order valence-corrected chi connectivity index (χ1v) is 12.5. The summed E-state index contributed by atoms with van der Waals surface area (Å²) in [4.78, 5) is 24.0. The summed E-state index contributed by atoms with van der Waals surface area (Å²) in [6.45, 7) is 11.5. The Bertz CT molecular complexity index is 887. The van der Waals surface area contributed by atoms with Gasteiger partial charge >= 0.3 is 6.03 Å². The normalized spacial score (nSPS) is 15.9. The fourth-order valence-corrected chi connectivity index (χ4v) is 4.27. The summed E-state index contributed by atoms with van der Waals surface area (Å²) in [5.41, 5.74) is 4.05. The number of benzene rings is 1. The minimum Gasteiger partial charge on any atom is -0.378 e. The van der Waals surface area contributed by atoms with Gasteiger partial charge in [-0.15, -0.1) is 0 Å². The smallest absolute Gasteiger partial charge is 0.319 e. The minimum atomic E-state index is -0.206. The van der Waals surface area contributed by atoms with Crippen molar-refractivity contribution in [1.82, 2.24) is 19.6 Å². The van der Waals surface area contributed by atoms with Crippen LogP contribution in [0.25, 0.3) is 11.4 Å². The second-order valence-electron chi connectivity index (χ2n) is 7.25. The van der Waals surface area contributed by atoms with Crippen LogP contribution in [0.2, 0.25) is 0 Å². The van der Waals surface area contributed by atoms with Crippen molar-refractivity contribution in [1.29, 1.82) is 0 Å². The standard InChI is InChI=1S/C21H28N6O2S.C2H6/c1-3-22-21(28)23-16-6-4-15(5-7-16)19-24-18-14-27(30-2)9-8-17(18)20(25-19)26-10-12-29-13-11-26;1-2/h4-7H,3,8-14H2,1-2H3,(H2,22,23,28);1-2H3. The molecule has 0 unspecified atom stereocenters. The van der Waals surface area contributed by atoms with Gasteiger partial charge < -0.3 is 20.3 Å². The lowest BCUT2D eigenvalue weighted by Gasteiger charge is -2.33. The highest BCUT2D eigenvalue weighted by Gasteiger charge is 2.26. The van der Waals surface area contributed by atoms with Crippen LogP contribution in [0.3, 0.4) is 0 Å². The average Bonchev–Trinajstić information content (AvgIpc) is 2.85. The van der Waals surface area contributed by atoms with Crippen LogP contribution >= 0.6 is 11.9 Å². The number of urea groups is 1. The minimum absolute atomic E-state index is 0.206. The zero-order valence-corrected chi connectivity index (χ0v) is 20.3. The third-order valence-electron chi connectivity index (χ3n) is 5.32. The van der Waals surface area contributed by atoms with Crippen molar-refractivity contribution in [3.63, 3.8) is 0 Å². The van der Waals surface area contributed by atoms with E-state index in [2.05, 4.69) is 26.1 Å². The SMILES string of the molecule is CC.CCNC(=O)Nc1ccc(-c2nc3c(c(N4CCOCC4)n2)CCN(SC)C3)cc1.